The first-order chi connectivity index (χ1) is 10.1. The van der Waals surface area contributed by atoms with Crippen LogP contribution in [0.5, 0.6) is 0 Å². The number of aryl methyl sites for hydroxylation is 1. The largest absolute Gasteiger partial charge is 0.381 e. The molecule has 0 bridgehead atoms. The van der Waals surface area contributed by atoms with Crippen molar-refractivity contribution in [1.29, 1.82) is 0 Å². The fourth-order valence-corrected chi connectivity index (χ4v) is 2.72. The second kappa shape index (κ2) is 7.76. The van der Waals surface area contributed by atoms with Crippen LogP contribution >= 0.6 is 0 Å². The summed E-state index contributed by atoms with van der Waals surface area (Å²) in [6.07, 6.45) is 3.58. The van der Waals surface area contributed by atoms with Crippen molar-refractivity contribution in [2.45, 2.75) is 58.7 Å². The Morgan fingerprint density at radius 1 is 1.33 bits per heavy atom. The van der Waals surface area contributed by atoms with Crippen molar-refractivity contribution in [2.24, 2.45) is 0 Å². The zero-order chi connectivity index (χ0) is 15.2. The summed E-state index contributed by atoms with van der Waals surface area (Å²) in [5, 5.41) is 3.49. The number of aromatic nitrogens is 1. The van der Waals surface area contributed by atoms with Crippen LogP contribution in [0.4, 0.5) is 5.82 Å². The summed E-state index contributed by atoms with van der Waals surface area (Å²) in [5.74, 6) is 1.13. The van der Waals surface area contributed by atoms with Crippen LogP contribution in [-0.2, 0) is 17.7 Å². The molecule has 4 heteroatoms. The smallest absolute Gasteiger partial charge is 0.129 e. The van der Waals surface area contributed by atoms with Crippen LogP contribution in [-0.4, -0.2) is 37.3 Å². The second-order valence-corrected chi connectivity index (χ2v) is 6.14. The van der Waals surface area contributed by atoms with Crippen molar-refractivity contribution in [3.63, 3.8) is 0 Å². The lowest BCUT2D eigenvalue weighted by Gasteiger charge is -2.32. The number of nitrogens with zero attached hydrogens (tertiary/aromatic N) is 2. The third-order valence-corrected chi connectivity index (χ3v) is 4.10. The molecular weight excluding hydrogens is 262 g/mol. The van der Waals surface area contributed by atoms with E-state index < -0.39 is 0 Å². The molecule has 0 atom stereocenters. The van der Waals surface area contributed by atoms with Gasteiger partial charge in [0.25, 0.3) is 0 Å². The Hall–Kier alpha value is -1.13. The van der Waals surface area contributed by atoms with Gasteiger partial charge < -0.3 is 15.0 Å². The number of anilines is 1. The Morgan fingerprint density at radius 2 is 2.05 bits per heavy atom. The molecule has 0 saturated carbocycles. The van der Waals surface area contributed by atoms with E-state index in [1.165, 1.54) is 11.3 Å². The van der Waals surface area contributed by atoms with Gasteiger partial charge in [-0.05, 0) is 37.0 Å². The predicted molar refractivity (Wildman–Crippen MR) is 87.8 cm³/mol. The van der Waals surface area contributed by atoms with Crippen LogP contribution in [0.25, 0.3) is 0 Å². The van der Waals surface area contributed by atoms with Gasteiger partial charge >= 0.3 is 0 Å². The van der Waals surface area contributed by atoms with E-state index in [0.29, 0.717) is 12.1 Å². The van der Waals surface area contributed by atoms with Gasteiger partial charge in [-0.1, -0.05) is 20.8 Å². The Labute approximate surface area is 128 Å². The Bertz CT molecular complexity index is 440. The van der Waals surface area contributed by atoms with Crippen molar-refractivity contribution in [1.82, 2.24) is 10.3 Å². The fraction of sp³-hybridized carbons (Fsp3) is 0.706. The number of hydrogen-bond acceptors (Lipinski definition) is 4. The number of methoxy groups -OCH3 is 1. The summed E-state index contributed by atoms with van der Waals surface area (Å²) in [7, 11) is 1.81. The van der Waals surface area contributed by atoms with Gasteiger partial charge in [0.1, 0.15) is 5.82 Å². The van der Waals surface area contributed by atoms with E-state index in [1.54, 1.807) is 0 Å². The Morgan fingerprint density at radius 3 is 2.62 bits per heavy atom. The second-order valence-electron chi connectivity index (χ2n) is 6.14. The number of ether oxygens (including phenoxy) is 1. The average molecular weight is 291 g/mol. The van der Waals surface area contributed by atoms with Crippen molar-refractivity contribution >= 4 is 5.82 Å². The molecule has 1 aromatic heterocycles. The van der Waals surface area contributed by atoms with Crippen molar-refractivity contribution < 1.29 is 4.74 Å². The highest BCUT2D eigenvalue weighted by Crippen LogP contribution is 2.21. The number of nitrogens with one attached hydrogen (secondary N) is 1. The Kier molecular flexibility index (Phi) is 6.00. The molecule has 1 aliphatic heterocycles. The summed E-state index contributed by atoms with van der Waals surface area (Å²) in [4.78, 5) is 7.21. The highest BCUT2D eigenvalue weighted by molar-refractivity contribution is 5.43. The van der Waals surface area contributed by atoms with Crippen LogP contribution in [0.3, 0.4) is 0 Å². The third kappa shape index (κ3) is 4.68. The van der Waals surface area contributed by atoms with Gasteiger partial charge in [0.15, 0.2) is 0 Å². The van der Waals surface area contributed by atoms with E-state index in [9.17, 15) is 0 Å². The van der Waals surface area contributed by atoms with Crippen LogP contribution in [0, 0.1) is 0 Å². The third-order valence-electron chi connectivity index (χ3n) is 4.10. The van der Waals surface area contributed by atoms with Gasteiger partial charge in [-0.3, -0.25) is 0 Å². The summed E-state index contributed by atoms with van der Waals surface area (Å²) in [5.41, 5.74) is 2.52. The molecule has 0 radical (unpaired) electrons. The average Bonchev–Trinajstić information content (AvgIpc) is 2.52. The van der Waals surface area contributed by atoms with Gasteiger partial charge in [0, 0.05) is 38.5 Å². The molecule has 0 unspecified atom stereocenters. The molecule has 0 aromatic carbocycles. The molecule has 1 saturated heterocycles. The molecule has 1 aromatic rings. The van der Waals surface area contributed by atoms with Crippen molar-refractivity contribution in [3.05, 3.63) is 23.4 Å². The van der Waals surface area contributed by atoms with E-state index in [-0.39, 0.29) is 0 Å². The number of hydrogen-bond donors (Lipinski definition) is 1. The summed E-state index contributed by atoms with van der Waals surface area (Å²) >= 11 is 0. The maximum absolute atomic E-state index is 5.45. The zero-order valence-electron chi connectivity index (χ0n) is 13.9. The lowest BCUT2D eigenvalue weighted by molar-refractivity contribution is 0.0818. The fourth-order valence-electron chi connectivity index (χ4n) is 2.72. The first kappa shape index (κ1) is 16.2. The van der Waals surface area contributed by atoms with Gasteiger partial charge in [-0.15, -0.1) is 0 Å². The number of rotatable bonds is 6. The quantitative estimate of drug-likeness (QED) is 0.874. The van der Waals surface area contributed by atoms with Crippen LogP contribution in [0.1, 0.15) is 44.9 Å². The van der Waals surface area contributed by atoms with Gasteiger partial charge in [0.2, 0.25) is 0 Å². The standard InChI is InChI=1S/C17H29N3O/c1-5-15-10-14(12-18-13(2)3)11-17(19-15)20-8-6-16(21-4)7-9-20/h10-11,13,16,18H,5-9,12H2,1-4H3. The molecular formula is C17H29N3O. The maximum atomic E-state index is 5.45. The molecule has 1 fully saturated rings. The highest BCUT2D eigenvalue weighted by atomic mass is 16.5. The van der Waals surface area contributed by atoms with Gasteiger partial charge in [-0.25, -0.2) is 4.98 Å². The molecule has 0 aliphatic carbocycles. The first-order valence-electron chi connectivity index (χ1n) is 8.13. The first-order valence-corrected chi connectivity index (χ1v) is 8.13. The van der Waals surface area contributed by atoms with Crippen molar-refractivity contribution in [3.8, 4) is 0 Å². The lowest BCUT2D eigenvalue weighted by Crippen LogP contribution is -2.37. The molecule has 21 heavy (non-hydrogen) atoms. The molecule has 1 aliphatic rings. The Balaban J connectivity index is 2.09. The van der Waals surface area contributed by atoms with Crippen LogP contribution in [0.2, 0.25) is 0 Å². The highest BCUT2D eigenvalue weighted by Gasteiger charge is 2.20. The molecule has 2 rings (SSSR count). The van der Waals surface area contributed by atoms with Crippen LogP contribution < -0.4 is 10.2 Å². The van der Waals surface area contributed by atoms with Gasteiger partial charge in [-0.2, -0.15) is 0 Å². The summed E-state index contributed by atoms with van der Waals surface area (Å²) < 4.78 is 5.45. The van der Waals surface area contributed by atoms with E-state index in [1.807, 2.05) is 7.11 Å². The molecule has 2 heterocycles. The number of pyridine rings is 1. The molecule has 118 valence electrons. The molecule has 0 spiro atoms. The monoisotopic (exact) mass is 291 g/mol. The topological polar surface area (TPSA) is 37.4 Å². The number of piperidine rings is 1. The molecule has 1 N–H and O–H groups in total. The molecule has 0 amide bonds. The zero-order valence-corrected chi connectivity index (χ0v) is 13.9. The van der Waals surface area contributed by atoms with E-state index >= 15 is 0 Å². The normalized spacial score (nSPS) is 16.7. The van der Waals surface area contributed by atoms with Crippen molar-refractivity contribution in [2.75, 3.05) is 25.1 Å². The van der Waals surface area contributed by atoms with E-state index in [2.05, 4.69) is 43.1 Å². The minimum atomic E-state index is 0.415. The predicted octanol–water partition coefficient (Wildman–Crippen LogP) is 2.76. The van der Waals surface area contributed by atoms with E-state index in [0.717, 1.165) is 44.7 Å². The summed E-state index contributed by atoms with van der Waals surface area (Å²) in [6.45, 7) is 9.51. The van der Waals surface area contributed by atoms with Crippen LogP contribution in [0.15, 0.2) is 12.1 Å². The maximum Gasteiger partial charge on any atom is 0.129 e. The lowest BCUT2D eigenvalue weighted by atomic mass is 10.1. The van der Waals surface area contributed by atoms with Gasteiger partial charge in [0.05, 0.1) is 6.10 Å². The minimum Gasteiger partial charge on any atom is -0.381 e. The minimum absolute atomic E-state index is 0.415. The summed E-state index contributed by atoms with van der Waals surface area (Å²) in [6, 6.07) is 4.96. The van der Waals surface area contributed by atoms with E-state index in [4.69, 9.17) is 9.72 Å². The SMILES string of the molecule is CCc1cc(CNC(C)C)cc(N2CCC(OC)CC2)n1. The molecule has 4 nitrogen and oxygen atoms in total.